The third-order valence-corrected chi connectivity index (χ3v) is 1.19. The monoisotopic (exact) mass is 80.1 g/mol. The fraction of sp³-hybridized carbons (Fsp3) is 0.500. The van der Waals surface area contributed by atoms with Crippen molar-refractivity contribution in [2.45, 2.75) is 13.3 Å². The Labute approximate surface area is 38.2 Å². The van der Waals surface area contributed by atoms with Gasteiger partial charge in [-0.25, -0.2) is 0 Å². The van der Waals surface area contributed by atoms with Crippen LogP contribution in [0.2, 0.25) is 0 Å². The van der Waals surface area contributed by atoms with Crippen LogP contribution in [-0.4, -0.2) is 0 Å². The molecule has 0 bridgehead atoms. The standard InChI is InChI=1S/C6H8/c1-3-6-4-5(6)2/h5H,1,4H2,2H3. The van der Waals surface area contributed by atoms with Gasteiger partial charge in [0.15, 0.2) is 0 Å². The molecule has 0 heteroatoms. The molecule has 0 aromatic carbocycles. The molecule has 1 aliphatic rings. The quantitative estimate of drug-likeness (QED) is 0.389. The molecule has 0 N–H and O–H groups in total. The first-order chi connectivity index (χ1) is 2.84. The van der Waals surface area contributed by atoms with Crippen LogP contribution in [0.4, 0.5) is 0 Å². The Balaban J connectivity index is 2.67. The van der Waals surface area contributed by atoms with E-state index in [2.05, 4.69) is 19.2 Å². The Bertz CT molecular complexity index is 105. The fourth-order valence-electron chi connectivity index (χ4n) is 0.517. The lowest BCUT2D eigenvalue weighted by molar-refractivity contribution is 1.02. The van der Waals surface area contributed by atoms with E-state index in [0.717, 1.165) is 5.92 Å². The lowest BCUT2D eigenvalue weighted by Crippen LogP contribution is -1.47. The summed E-state index contributed by atoms with van der Waals surface area (Å²) in [5.74, 6) is 0.808. The molecular formula is C6H8. The SMILES string of the molecule is C=C=C1CC1C. The van der Waals surface area contributed by atoms with Crippen LogP contribution in [0.3, 0.4) is 0 Å². The van der Waals surface area contributed by atoms with Gasteiger partial charge in [-0.15, -0.1) is 5.73 Å². The summed E-state index contributed by atoms with van der Waals surface area (Å²) in [5, 5.41) is 0. The summed E-state index contributed by atoms with van der Waals surface area (Å²) in [6.45, 7) is 5.70. The van der Waals surface area contributed by atoms with Gasteiger partial charge in [-0.1, -0.05) is 13.5 Å². The van der Waals surface area contributed by atoms with Crippen molar-refractivity contribution in [2.24, 2.45) is 5.92 Å². The molecule has 0 saturated heterocycles. The molecule has 1 rings (SSSR count). The van der Waals surface area contributed by atoms with Crippen molar-refractivity contribution in [1.82, 2.24) is 0 Å². The van der Waals surface area contributed by atoms with E-state index >= 15 is 0 Å². The van der Waals surface area contributed by atoms with Crippen LogP contribution < -0.4 is 0 Å². The topological polar surface area (TPSA) is 0 Å². The van der Waals surface area contributed by atoms with Crippen molar-refractivity contribution in [1.29, 1.82) is 0 Å². The largest absolute Gasteiger partial charge is 0.129 e. The van der Waals surface area contributed by atoms with Crippen molar-refractivity contribution in [2.75, 3.05) is 0 Å². The fourth-order valence-corrected chi connectivity index (χ4v) is 0.517. The van der Waals surface area contributed by atoms with Gasteiger partial charge in [0.1, 0.15) is 0 Å². The van der Waals surface area contributed by atoms with E-state index in [0.29, 0.717) is 0 Å². The van der Waals surface area contributed by atoms with Crippen LogP contribution in [0.25, 0.3) is 0 Å². The van der Waals surface area contributed by atoms with E-state index in [1.165, 1.54) is 12.0 Å². The van der Waals surface area contributed by atoms with Gasteiger partial charge in [0.25, 0.3) is 0 Å². The zero-order valence-electron chi connectivity index (χ0n) is 3.99. The molecule has 1 fully saturated rings. The van der Waals surface area contributed by atoms with Crippen molar-refractivity contribution in [3.8, 4) is 0 Å². The Morgan fingerprint density at radius 2 is 2.50 bits per heavy atom. The lowest BCUT2D eigenvalue weighted by Gasteiger charge is -1.58. The summed E-state index contributed by atoms with van der Waals surface area (Å²) in [6, 6.07) is 0. The van der Waals surface area contributed by atoms with E-state index in [9.17, 15) is 0 Å². The van der Waals surface area contributed by atoms with E-state index < -0.39 is 0 Å². The minimum absolute atomic E-state index is 0.808. The van der Waals surface area contributed by atoms with Crippen molar-refractivity contribution < 1.29 is 0 Å². The van der Waals surface area contributed by atoms with Crippen LogP contribution in [0.1, 0.15) is 13.3 Å². The molecular weight excluding hydrogens is 72.1 g/mol. The lowest BCUT2D eigenvalue weighted by atomic mass is 10.5. The highest BCUT2D eigenvalue weighted by Gasteiger charge is 2.22. The first kappa shape index (κ1) is 3.70. The van der Waals surface area contributed by atoms with Gasteiger partial charge < -0.3 is 0 Å². The average Bonchev–Trinajstić information content (AvgIpc) is 2.19. The third kappa shape index (κ3) is 0.395. The van der Waals surface area contributed by atoms with Crippen molar-refractivity contribution in [3.63, 3.8) is 0 Å². The van der Waals surface area contributed by atoms with Gasteiger partial charge in [-0.3, -0.25) is 0 Å². The van der Waals surface area contributed by atoms with Gasteiger partial charge in [0.2, 0.25) is 0 Å². The van der Waals surface area contributed by atoms with E-state index in [1.807, 2.05) is 0 Å². The van der Waals surface area contributed by atoms with E-state index in [-0.39, 0.29) is 0 Å². The summed E-state index contributed by atoms with van der Waals surface area (Å²) in [7, 11) is 0. The normalized spacial score (nSPS) is 29.5. The maximum atomic E-state index is 3.51. The molecule has 1 atom stereocenters. The predicted octanol–water partition coefficient (Wildman–Crippen LogP) is 1.74. The van der Waals surface area contributed by atoms with Gasteiger partial charge in [-0.2, -0.15) is 0 Å². The number of allylic oxidation sites excluding steroid dienone is 1. The highest BCUT2D eigenvalue weighted by Crippen LogP contribution is 2.34. The van der Waals surface area contributed by atoms with Crippen LogP contribution >= 0.6 is 0 Å². The summed E-state index contributed by atoms with van der Waals surface area (Å²) in [6.07, 6.45) is 1.24. The molecule has 0 amide bonds. The van der Waals surface area contributed by atoms with Gasteiger partial charge in [0.05, 0.1) is 0 Å². The maximum absolute atomic E-state index is 3.51. The van der Waals surface area contributed by atoms with Crippen molar-refractivity contribution >= 4 is 0 Å². The minimum atomic E-state index is 0.808. The Morgan fingerprint density at radius 1 is 2.00 bits per heavy atom. The number of hydrogen-bond donors (Lipinski definition) is 0. The summed E-state index contributed by atoms with van der Waals surface area (Å²) in [5.41, 5.74) is 4.25. The number of rotatable bonds is 0. The highest BCUT2D eigenvalue weighted by atomic mass is 14.3. The van der Waals surface area contributed by atoms with Crippen LogP contribution in [0.15, 0.2) is 17.9 Å². The summed E-state index contributed by atoms with van der Waals surface area (Å²) >= 11 is 0. The minimum Gasteiger partial charge on any atom is -0.129 e. The highest BCUT2D eigenvalue weighted by molar-refractivity contribution is 5.19. The number of hydrogen-bond acceptors (Lipinski definition) is 0. The second-order valence-electron chi connectivity index (χ2n) is 1.81. The second kappa shape index (κ2) is 0.990. The molecule has 0 spiro atoms. The molecule has 1 unspecified atom stereocenters. The molecule has 0 heterocycles. The first-order valence-electron chi connectivity index (χ1n) is 2.23. The first-order valence-corrected chi connectivity index (χ1v) is 2.23. The molecule has 0 radical (unpaired) electrons. The van der Waals surface area contributed by atoms with Gasteiger partial charge >= 0.3 is 0 Å². The molecule has 32 valence electrons. The molecule has 0 nitrogen and oxygen atoms in total. The van der Waals surface area contributed by atoms with Gasteiger partial charge in [-0.05, 0) is 17.9 Å². The van der Waals surface area contributed by atoms with E-state index in [1.54, 1.807) is 0 Å². The van der Waals surface area contributed by atoms with Crippen LogP contribution in [0, 0.1) is 5.92 Å². The van der Waals surface area contributed by atoms with Crippen molar-refractivity contribution in [3.05, 3.63) is 17.9 Å². The maximum Gasteiger partial charge on any atom is -0.0112 e. The zero-order chi connectivity index (χ0) is 4.57. The Hall–Kier alpha value is -0.480. The smallest absolute Gasteiger partial charge is 0.0112 e. The molecule has 0 aromatic rings. The summed E-state index contributed by atoms with van der Waals surface area (Å²) < 4.78 is 0. The summed E-state index contributed by atoms with van der Waals surface area (Å²) in [4.78, 5) is 0. The van der Waals surface area contributed by atoms with Crippen LogP contribution in [-0.2, 0) is 0 Å². The Morgan fingerprint density at radius 3 is 2.50 bits per heavy atom. The Kier molecular flexibility index (Phi) is 0.611. The average molecular weight is 80.1 g/mol. The molecule has 0 aliphatic heterocycles. The predicted molar refractivity (Wildman–Crippen MR) is 26.4 cm³/mol. The third-order valence-electron chi connectivity index (χ3n) is 1.19. The molecule has 0 aromatic heterocycles. The molecule has 1 saturated carbocycles. The molecule has 6 heavy (non-hydrogen) atoms. The van der Waals surface area contributed by atoms with Crippen LogP contribution in [0.5, 0.6) is 0 Å². The zero-order valence-corrected chi connectivity index (χ0v) is 3.99. The van der Waals surface area contributed by atoms with Gasteiger partial charge in [0, 0.05) is 0 Å². The van der Waals surface area contributed by atoms with E-state index in [4.69, 9.17) is 0 Å². The second-order valence-corrected chi connectivity index (χ2v) is 1.81. The molecule has 1 aliphatic carbocycles.